The first-order valence-corrected chi connectivity index (χ1v) is 7.04. The van der Waals surface area contributed by atoms with Gasteiger partial charge in [0.05, 0.1) is 9.82 Å². The first kappa shape index (κ1) is 14.5. The number of nitro benzene ring substituents is 1. The van der Waals surface area contributed by atoms with Crippen molar-refractivity contribution in [3.05, 3.63) is 62.6 Å². The third-order valence-corrected chi connectivity index (χ3v) is 3.97. The fourth-order valence-electron chi connectivity index (χ4n) is 1.62. The van der Waals surface area contributed by atoms with Crippen molar-refractivity contribution in [3.8, 4) is 0 Å². The van der Waals surface area contributed by atoms with Crippen LogP contribution in [-0.2, 0) is 0 Å². The van der Waals surface area contributed by atoms with Gasteiger partial charge in [0.1, 0.15) is 5.56 Å². The molecule has 0 spiro atoms. The van der Waals surface area contributed by atoms with Crippen LogP contribution in [0.4, 0.5) is 5.69 Å². The molecule has 2 aromatic carbocycles. The highest BCUT2D eigenvalue weighted by Gasteiger charge is 2.24. The van der Waals surface area contributed by atoms with Crippen molar-refractivity contribution >= 4 is 39.3 Å². The molecule has 2 rings (SSSR count). The third kappa shape index (κ3) is 3.17. The number of halogens is 1. The maximum Gasteiger partial charge on any atom is 0.342 e. The minimum atomic E-state index is -1.31. The second kappa shape index (κ2) is 6.06. The summed E-state index contributed by atoms with van der Waals surface area (Å²) in [5.74, 6) is -1.31. The van der Waals surface area contributed by atoms with Crippen LogP contribution in [0.2, 0.25) is 0 Å². The van der Waals surface area contributed by atoms with Gasteiger partial charge in [-0.1, -0.05) is 39.8 Å². The second-order valence-electron chi connectivity index (χ2n) is 3.77. The van der Waals surface area contributed by atoms with E-state index < -0.39 is 10.9 Å². The average molecular weight is 354 g/mol. The molecule has 0 aliphatic rings. The zero-order chi connectivity index (χ0) is 14.7. The number of rotatable bonds is 4. The lowest BCUT2D eigenvalue weighted by molar-refractivity contribution is -0.388. The molecule has 0 aromatic heterocycles. The molecule has 0 unspecified atom stereocenters. The van der Waals surface area contributed by atoms with Gasteiger partial charge in [0, 0.05) is 9.37 Å². The summed E-state index contributed by atoms with van der Waals surface area (Å²) in [6.45, 7) is 0. The first-order valence-electron chi connectivity index (χ1n) is 5.43. The lowest BCUT2D eigenvalue weighted by atomic mass is 10.2. The molecule has 0 saturated carbocycles. The molecule has 2 aromatic rings. The van der Waals surface area contributed by atoms with Crippen molar-refractivity contribution in [1.82, 2.24) is 0 Å². The Labute approximate surface area is 126 Å². The van der Waals surface area contributed by atoms with E-state index in [0.717, 1.165) is 21.1 Å². The lowest BCUT2D eigenvalue weighted by Gasteiger charge is -2.05. The van der Waals surface area contributed by atoms with Gasteiger partial charge in [0.25, 0.3) is 5.69 Å². The van der Waals surface area contributed by atoms with Crippen molar-refractivity contribution in [2.75, 3.05) is 0 Å². The van der Waals surface area contributed by atoms with Crippen molar-refractivity contribution in [3.63, 3.8) is 0 Å². The second-order valence-corrected chi connectivity index (χ2v) is 5.81. The number of carbonyl (C=O) groups is 1. The van der Waals surface area contributed by atoms with Crippen molar-refractivity contribution < 1.29 is 14.8 Å². The molecule has 5 nitrogen and oxygen atoms in total. The van der Waals surface area contributed by atoms with E-state index in [-0.39, 0.29) is 11.3 Å². The number of nitrogens with zero attached hydrogens (tertiary/aromatic N) is 1. The van der Waals surface area contributed by atoms with E-state index in [4.69, 9.17) is 5.11 Å². The molecule has 0 heterocycles. The van der Waals surface area contributed by atoms with Crippen molar-refractivity contribution in [2.24, 2.45) is 0 Å². The highest BCUT2D eigenvalue weighted by atomic mass is 79.9. The third-order valence-electron chi connectivity index (χ3n) is 2.44. The van der Waals surface area contributed by atoms with Gasteiger partial charge >= 0.3 is 5.97 Å². The van der Waals surface area contributed by atoms with Gasteiger partial charge in [-0.05, 0) is 30.3 Å². The van der Waals surface area contributed by atoms with Crippen LogP contribution in [0.15, 0.2) is 56.7 Å². The summed E-state index contributed by atoms with van der Waals surface area (Å²) in [6, 6.07) is 11.5. The van der Waals surface area contributed by atoms with Gasteiger partial charge in [0.15, 0.2) is 0 Å². The summed E-state index contributed by atoms with van der Waals surface area (Å²) in [5, 5.41) is 20.2. The number of nitro groups is 1. The Kier molecular flexibility index (Phi) is 4.41. The van der Waals surface area contributed by atoms with Gasteiger partial charge in [-0.15, -0.1) is 0 Å². The highest BCUT2D eigenvalue weighted by Crippen LogP contribution is 2.37. The number of hydrogen-bond donors (Lipinski definition) is 1. The van der Waals surface area contributed by atoms with E-state index in [1.165, 1.54) is 18.2 Å². The van der Waals surface area contributed by atoms with E-state index in [1.54, 1.807) is 12.1 Å². The van der Waals surface area contributed by atoms with Gasteiger partial charge in [0.2, 0.25) is 0 Å². The number of benzene rings is 2. The van der Waals surface area contributed by atoms with Crippen LogP contribution in [0.3, 0.4) is 0 Å². The Morgan fingerprint density at radius 3 is 2.55 bits per heavy atom. The minimum Gasteiger partial charge on any atom is -0.477 e. The smallest absolute Gasteiger partial charge is 0.342 e. The normalized spacial score (nSPS) is 10.2. The van der Waals surface area contributed by atoms with Gasteiger partial charge in [-0.3, -0.25) is 10.1 Å². The molecule has 0 aliphatic carbocycles. The van der Waals surface area contributed by atoms with E-state index in [0.29, 0.717) is 4.90 Å². The van der Waals surface area contributed by atoms with Crippen molar-refractivity contribution in [2.45, 2.75) is 9.79 Å². The van der Waals surface area contributed by atoms with Crippen LogP contribution < -0.4 is 0 Å². The summed E-state index contributed by atoms with van der Waals surface area (Å²) in [4.78, 5) is 22.6. The van der Waals surface area contributed by atoms with Crippen molar-refractivity contribution in [1.29, 1.82) is 0 Å². The van der Waals surface area contributed by atoms with Crippen LogP contribution in [0.5, 0.6) is 0 Å². The molecular weight excluding hydrogens is 346 g/mol. The summed E-state index contributed by atoms with van der Waals surface area (Å²) < 4.78 is 0.847. The average Bonchev–Trinajstić information content (AvgIpc) is 2.38. The number of para-hydroxylation sites is 1. The highest BCUT2D eigenvalue weighted by molar-refractivity contribution is 9.10. The zero-order valence-electron chi connectivity index (χ0n) is 9.95. The number of hydrogen-bond acceptors (Lipinski definition) is 4. The summed E-state index contributed by atoms with van der Waals surface area (Å²) >= 11 is 4.47. The Morgan fingerprint density at radius 1 is 1.25 bits per heavy atom. The molecule has 0 bridgehead atoms. The molecule has 20 heavy (non-hydrogen) atoms. The molecule has 0 aliphatic heterocycles. The van der Waals surface area contributed by atoms with E-state index in [2.05, 4.69) is 15.9 Å². The minimum absolute atomic E-state index is 0.299. The molecule has 0 amide bonds. The summed E-state index contributed by atoms with van der Waals surface area (Å²) in [6.07, 6.45) is 0. The van der Waals surface area contributed by atoms with Crippen LogP contribution in [0.1, 0.15) is 10.4 Å². The lowest BCUT2D eigenvalue weighted by Crippen LogP contribution is -2.03. The maximum atomic E-state index is 11.1. The molecule has 0 fully saturated rings. The van der Waals surface area contributed by atoms with E-state index in [9.17, 15) is 14.9 Å². The number of carboxylic acid groups (broad SMARTS) is 1. The Morgan fingerprint density at radius 2 is 1.95 bits per heavy atom. The molecule has 102 valence electrons. The van der Waals surface area contributed by atoms with E-state index in [1.807, 2.05) is 12.1 Å². The van der Waals surface area contributed by atoms with Gasteiger partial charge in [-0.25, -0.2) is 4.79 Å². The standard InChI is InChI=1S/C13H8BrNO4S/c14-8-3-1-4-9(7-8)20-11-6-2-5-10(13(16)17)12(11)15(18)19/h1-7H,(H,16,17). The fourth-order valence-corrected chi connectivity index (χ4v) is 3.19. The quantitative estimate of drug-likeness (QED) is 0.657. The predicted octanol–water partition coefficient (Wildman–Crippen LogP) is 4.21. The molecule has 0 atom stereocenters. The Bertz CT molecular complexity index is 690. The molecule has 0 saturated heterocycles. The summed E-state index contributed by atoms with van der Waals surface area (Å²) in [7, 11) is 0. The number of aromatic carboxylic acids is 1. The molecule has 0 radical (unpaired) electrons. The predicted molar refractivity (Wildman–Crippen MR) is 78.3 cm³/mol. The maximum absolute atomic E-state index is 11.1. The number of carboxylic acids is 1. The zero-order valence-corrected chi connectivity index (χ0v) is 12.3. The molecule has 7 heteroatoms. The molecular formula is C13H8BrNO4S. The topological polar surface area (TPSA) is 80.4 Å². The Balaban J connectivity index is 2.49. The Hall–Kier alpha value is -1.86. The van der Waals surface area contributed by atoms with E-state index >= 15 is 0 Å². The SMILES string of the molecule is O=C(O)c1cccc(Sc2cccc(Br)c2)c1[N+](=O)[O-]. The van der Waals surface area contributed by atoms with Gasteiger partial charge < -0.3 is 5.11 Å². The van der Waals surface area contributed by atoms with Crippen LogP contribution in [0, 0.1) is 10.1 Å². The fraction of sp³-hybridized carbons (Fsp3) is 0. The first-order chi connectivity index (χ1) is 9.49. The molecule has 1 N–H and O–H groups in total. The van der Waals surface area contributed by atoms with Gasteiger partial charge in [-0.2, -0.15) is 0 Å². The van der Waals surface area contributed by atoms with Crippen LogP contribution in [-0.4, -0.2) is 16.0 Å². The van der Waals surface area contributed by atoms with Crippen LogP contribution >= 0.6 is 27.7 Å². The van der Waals surface area contributed by atoms with Crippen LogP contribution in [0.25, 0.3) is 0 Å². The monoisotopic (exact) mass is 353 g/mol. The summed E-state index contributed by atoms with van der Waals surface area (Å²) in [5.41, 5.74) is -0.694. The largest absolute Gasteiger partial charge is 0.477 e.